The first-order chi connectivity index (χ1) is 9.40. The largest absolute Gasteiger partial charge is 0.377 e. The Morgan fingerprint density at radius 2 is 2.00 bits per heavy atom. The highest BCUT2D eigenvalue weighted by Crippen LogP contribution is 2.32. The molecule has 0 amide bonds. The van der Waals surface area contributed by atoms with Gasteiger partial charge in [0, 0.05) is 18.9 Å². The van der Waals surface area contributed by atoms with Gasteiger partial charge in [0.15, 0.2) is 0 Å². The Morgan fingerprint density at radius 1 is 1.30 bits per heavy atom. The Bertz CT molecular complexity index is 369. The van der Waals surface area contributed by atoms with E-state index in [2.05, 4.69) is 19.2 Å². The van der Waals surface area contributed by atoms with Gasteiger partial charge in [-0.2, -0.15) is 0 Å². The van der Waals surface area contributed by atoms with Crippen LogP contribution < -0.4 is 5.32 Å². The number of hydrogen-bond acceptors (Lipinski definition) is 4. The van der Waals surface area contributed by atoms with E-state index in [-0.39, 0.29) is 17.4 Å². The Labute approximate surface area is 124 Å². The summed E-state index contributed by atoms with van der Waals surface area (Å²) in [4.78, 5) is 0. The average Bonchev–Trinajstić information content (AvgIpc) is 2.39. The van der Waals surface area contributed by atoms with Crippen LogP contribution >= 0.6 is 0 Å². The van der Waals surface area contributed by atoms with E-state index in [1.165, 1.54) is 6.26 Å². The van der Waals surface area contributed by atoms with E-state index in [0.29, 0.717) is 12.5 Å². The Kier molecular flexibility index (Phi) is 7.48. The van der Waals surface area contributed by atoms with Crippen LogP contribution in [-0.4, -0.2) is 45.2 Å². The van der Waals surface area contributed by atoms with Crippen LogP contribution in [0.5, 0.6) is 0 Å². The molecule has 1 fully saturated rings. The fourth-order valence-electron chi connectivity index (χ4n) is 3.29. The van der Waals surface area contributed by atoms with Crippen LogP contribution in [0.4, 0.5) is 0 Å². The van der Waals surface area contributed by atoms with Crippen molar-refractivity contribution in [3.63, 3.8) is 0 Å². The maximum atomic E-state index is 11.8. The normalized spacial score (nSPS) is 27.2. The molecule has 0 aromatic carbocycles. The van der Waals surface area contributed by atoms with Gasteiger partial charge in [0.2, 0.25) is 0 Å². The molecule has 1 aliphatic rings. The molecule has 0 heterocycles. The summed E-state index contributed by atoms with van der Waals surface area (Å²) in [6, 6.07) is 0.263. The Balaban J connectivity index is 2.73. The van der Waals surface area contributed by atoms with Crippen molar-refractivity contribution in [3.8, 4) is 0 Å². The van der Waals surface area contributed by atoms with Crippen LogP contribution in [0.3, 0.4) is 0 Å². The predicted octanol–water partition coefficient (Wildman–Crippen LogP) is 2.38. The predicted molar refractivity (Wildman–Crippen MR) is 83.8 cm³/mol. The third-order valence-electron chi connectivity index (χ3n) is 4.35. The lowest BCUT2D eigenvalue weighted by Crippen LogP contribution is -2.48. The van der Waals surface area contributed by atoms with E-state index < -0.39 is 9.84 Å². The zero-order chi connectivity index (χ0) is 15.2. The van der Waals surface area contributed by atoms with Crippen molar-refractivity contribution in [1.82, 2.24) is 5.32 Å². The molecule has 0 spiro atoms. The molecule has 0 aromatic rings. The summed E-state index contributed by atoms with van der Waals surface area (Å²) in [5, 5.41) is 3.41. The van der Waals surface area contributed by atoms with Gasteiger partial charge in [-0.3, -0.25) is 0 Å². The summed E-state index contributed by atoms with van der Waals surface area (Å²) in [5.74, 6) is 0.400. The molecular formula is C15H31NO3S. The van der Waals surface area contributed by atoms with Gasteiger partial charge < -0.3 is 10.1 Å². The molecule has 4 atom stereocenters. The summed E-state index contributed by atoms with van der Waals surface area (Å²) in [7, 11) is -2.92. The van der Waals surface area contributed by atoms with Crippen LogP contribution in [-0.2, 0) is 14.6 Å². The molecule has 4 unspecified atom stereocenters. The van der Waals surface area contributed by atoms with Gasteiger partial charge in [-0.05, 0) is 52.0 Å². The van der Waals surface area contributed by atoms with Crippen LogP contribution in [0.25, 0.3) is 0 Å². The molecular weight excluding hydrogens is 274 g/mol. The number of sulfone groups is 1. The number of rotatable bonds is 8. The van der Waals surface area contributed by atoms with Gasteiger partial charge in [-0.25, -0.2) is 8.42 Å². The molecule has 1 aliphatic carbocycles. The van der Waals surface area contributed by atoms with Crippen molar-refractivity contribution in [2.45, 2.75) is 70.3 Å². The monoisotopic (exact) mass is 305 g/mol. The lowest BCUT2D eigenvalue weighted by atomic mass is 9.81. The highest BCUT2D eigenvalue weighted by Gasteiger charge is 2.35. The number of ether oxygens (including phenoxy) is 1. The first kappa shape index (κ1) is 17.9. The molecule has 0 saturated heterocycles. The molecule has 20 heavy (non-hydrogen) atoms. The van der Waals surface area contributed by atoms with Gasteiger partial charge in [0.05, 0.1) is 11.4 Å². The molecule has 5 heteroatoms. The third-order valence-corrected chi connectivity index (χ3v) is 5.98. The van der Waals surface area contributed by atoms with Gasteiger partial charge >= 0.3 is 0 Å². The summed E-state index contributed by atoms with van der Waals surface area (Å²) in [5.41, 5.74) is 0. The molecule has 0 radical (unpaired) electrons. The lowest BCUT2D eigenvalue weighted by Gasteiger charge is -2.37. The topological polar surface area (TPSA) is 55.4 Å². The average molecular weight is 305 g/mol. The van der Waals surface area contributed by atoms with Crippen molar-refractivity contribution in [3.05, 3.63) is 0 Å². The quantitative estimate of drug-likeness (QED) is 0.748. The van der Waals surface area contributed by atoms with E-state index in [1.54, 1.807) is 0 Å². The fraction of sp³-hybridized carbons (Fsp3) is 1.00. The lowest BCUT2D eigenvalue weighted by molar-refractivity contribution is 0.0239. The maximum Gasteiger partial charge on any atom is 0.150 e. The second-order valence-electron chi connectivity index (χ2n) is 6.02. The molecule has 0 bridgehead atoms. The minimum atomic E-state index is -2.92. The van der Waals surface area contributed by atoms with E-state index in [9.17, 15) is 8.42 Å². The maximum absolute atomic E-state index is 11.8. The zero-order valence-electron chi connectivity index (χ0n) is 13.4. The Morgan fingerprint density at radius 3 is 2.55 bits per heavy atom. The molecule has 1 saturated carbocycles. The zero-order valence-corrected chi connectivity index (χ0v) is 14.2. The highest BCUT2D eigenvalue weighted by molar-refractivity contribution is 7.91. The standard InChI is InChI=1S/C15H31NO3S/c1-5-10-16-15(12(3)19-6-2)13-8-7-9-14(11-13)20(4,17)18/h12-16H,5-11H2,1-4H3. The van der Waals surface area contributed by atoms with E-state index in [0.717, 1.165) is 38.6 Å². The molecule has 1 N–H and O–H groups in total. The Hall–Kier alpha value is -0.130. The van der Waals surface area contributed by atoms with E-state index in [1.807, 2.05) is 6.92 Å². The molecule has 0 aromatic heterocycles. The summed E-state index contributed by atoms with van der Waals surface area (Å²) >= 11 is 0. The highest BCUT2D eigenvalue weighted by atomic mass is 32.2. The van der Waals surface area contributed by atoms with Gasteiger partial charge in [-0.15, -0.1) is 0 Å². The fourth-order valence-corrected chi connectivity index (χ4v) is 4.48. The van der Waals surface area contributed by atoms with Crippen molar-refractivity contribution in [2.75, 3.05) is 19.4 Å². The van der Waals surface area contributed by atoms with Crippen LogP contribution in [0.2, 0.25) is 0 Å². The minimum absolute atomic E-state index is 0.134. The van der Waals surface area contributed by atoms with Gasteiger partial charge in [-0.1, -0.05) is 13.3 Å². The van der Waals surface area contributed by atoms with Crippen LogP contribution in [0, 0.1) is 5.92 Å². The summed E-state index contributed by atoms with van der Waals surface area (Å²) in [6.45, 7) is 7.92. The van der Waals surface area contributed by atoms with Crippen LogP contribution in [0.1, 0.15) is 52.9 Å². The second-order valence-corrected chi connectivity index (χ2v) is 8.34. The molecule has 1 rings (SSSR count). The van der Waals surface area contributed by atoms with E-state index in [4.69, 9.17) is 4.74 Å². The van der Waals surface area contributed by atoms with E-state index >= 15 is 0 Å². The molecule has 0 aliphatic heterocycles. The van der Waals surface area contributed by atoms with Crippen molar-refractivity contribution in [1.29, 1.82) is 0 Å². The number of nitrogens with one attached hydrogen (secondary N) is 1. The van der Waals surface area contributed by atoms with Gasteiger partial charge in [0.25, 0.3) is 0 Å². The molecule has 120 valence electrons. The number of hydrogen-bond donors (Lipinski definition) is 1. The first-order valence-corrected chi connectivity index (χ1v) is 9.89. The van der Waals surface area contributed by atoms with Crippen molar-refractivity contribution >= 4 is 9.84 Å². The smallest absolute Gasteiger partial charge is 0.150 e. The third kappa shape index (κ3) is 5.34. The van der Waals surface area contributed by atoms with Crippen LogP contribution in [0.15, 0.2) is 0 Å². The SMILES string of the molecule is CCCNC(C1CCCC(S(C)(=O)=O)C1)C(C)OCC. The second kappa shape index (κ2) is 8.35. The van der Waals surface area contributed by atoms with Crippen molar-refractivity contribution < 1.29 is 13.2 Å². The minimum Gasteiger partial charge on any atom is -0.377 e. The van der Waals surface area contributed by atoms with Crippen molar-refractivity contribution in [2.24, 2.45) is 5.92 Å². The summed E-state index contributed by atoms with van der Waals surface area (Å²) < 4.78 is 29.4. The van der Waals surface area contributed by atoms with Gasteiger partial charge in [0.1, 0.15) is 9.84 Å². The first-order valence-electron chi connectivity index (χ1n) is 7.94. The summed E-state index contributed by atoms with van der Waals surface area (Å²) in [6.07, 6.45) is 6.29. The molecule has 4 nitrogen and oxygen atoms in total.